The fourth-order valence-electron chi connectivity index (χ4n) is 3.17. The highest BCUT2D eigenvalue weighted by Gasteiger charge is 2.33. The first-order chi connectivity index (χ1) is 12.9. The topological polar surface area (TPSA) is 63.7 Å². The summed E-state index contributed by atoms with van der Waals surface area (Å²) in [5.74, 6) is 0.900. The van der Waals surface area contributed by atoms with Crippen LogP contribution in [0.15, 0.2) is 41.8 Å². The van der Waals surface area contributed by atoms with Crippen LogP contribution in [0.25, 0.3) is 0 Å². The van der Waals surface area contributed by atoms with Gasteiger partial charge in [0.1, 0.15) is 5.75 Å². The summed E-state index contributed by atoms with van der Waals surface area (Å²) in [6.45, 7) is 4.81. The van der Waals surface area contributed by atoms with Crippen LogP contribution in [0.2, 0.25) is 0 Å². The quantitative estimate of drug-likeness (QED) is 0.759. The Bertz CT molecular complexity index is 858. The first-order valence-electron chi connectivity index (χ1n) is 9.12. The molecule has 0 spiro atoms. The molecule has 0 radical (unpaired) electrons. The predicted octanol–water partition coefficient (Wildman–Crippen LogP) is 3.64. The Balaban J connectivity index is 1.59. The van der Waals surface area contributed by atoms with Gasteiger partial charge in [-0.3, -0.25) is 4.79 Å². The third-order valence-electron chi connectivity index (χ3n) is 4.86. The summed E-state index contributed by atoms with van der Waals surface area (Å²) in [6, 6.07) is 11.4. The second kappa shape index (κ2) is 8.44. The SMILES string of the molecule is CC(C)c1ccc(OCC(=O)N2CCC(c3cccs3)S(=O)(=O)CC2)cc1. The van der Waals surface area contributed by atoms with E-state index in [4.69, 9.17) is 4.74 Å². The molecule has 1 amide bonds. The number of thiophene rings is 1. The summed E-state index contributed by atoms with van der Waals surface area (Å²) < 4.78 is 30.8. The first-order valence-corrected chi connectivity index (χ1v) is 11.7. The van der Waals surface area contributed by atoms with Crippen LogP contribution in [0.4, 0.5) is 0 Å². The number of hydrogen-bond donors (Lipinski definition) is 0. The number of hydrogen-bond acceptors (Lipinski definition) is 5. The highest BCUT2D eigenvalue weighted by molar-refractivity contribution is 7.91. The van der Waals surface area contributed by atoms with Gasteiger partial charge in [-0.2, -0.15) is 0 Å². The van der Waals surface area contributed by atoms with Gasteiger partial charge in [-0.15, -0.1) is 11.3 Å². The maximum absolute atomic E-state index is 12.6. The van der Waals surface area contributed by atoms with Gasteiger partial charge in [0.2, 0.25) is 0 Å². The molecule has 0 saturated carbocycles. The molecule has 1 saturated heterocycles. The number of carbonyl (C=O) groups is 1. The summed E-state index contributed by atoms with van der Waals surface area (Å²) in [4.78, 5) is 15.0. The molecule has 0 N–H and O–H groups in total. The molecule has 1 aromatic carbocycles. The Kier molecular flexibility index (Phi) is 6.22. The zero-order valence-electron chi connectivity index (χ0n) is 15.6. The van der Waals surface area contributed by atoms with Crippen LogP contribution in [0.3, 0.4) is 0 Å². The fraction of sp³-hybridized carbons (Fsp3) is 0.450. The Morgan fingerprint density at radius 3 is 2.59 bits per heavy atom. The van der Waals surface area contributed by atoms with Gasteiger partial charge in [-0.05, 0) is 41.5 Å². The number of sulfone groups is 1. The summed E-state index contributed by atoms with van der Waals surface area (Å²) in [7, 11) is -3.25. The molecule has 2 heterocycles. The highest BCUT2D eigenvalue weighted by atomic mass is 32.2. The Morgan fingerprint density at radius 1 is 1.22 bits per heavy atom. The molecule has 1 aliphatic rings. The van der Waals surface area contributed by atoms with Crippen LogP contribution in [0.1, 0.15) is 41.9 Å². The molecule has 0 bridgehead atoms. The van der Waals surface area contributed by atoms with Crippen molar-refractivity contribution >= 4 is 27.1 Å². The Morgan fingerprint density at radius 2 is 1.96 bits per heavy atom. The van der Waals surface area contributed by atoms with E-state index in [1.807, 2.05) is 41.8 Å². The minimum atomic E-state index is -3.25. The van der Waals surface area contributed by atoms with E-state index in [9.17, 15) is 13.2 Å². The van der Waals surface area contributed by atoms with Crippen molar-refractivity contribution in [1.82, 2.24) is 4.90 Å². The van der Waals surface area contributed by atoms with Crippen molar-refractivity contribution in [2.75, 3.05) is 25.4 Å². The molecule has 146 valence electrons. The number of carbonyl (C=O) groups excluding carboxylic acids is 1. The van der Waals surface area contributed by atoms with E-state index in [1.165, 1.54) is 16.9 Å². The molecule has 1 aliphatic heterocycles. The number of rotatable bonds is 5. The van der Waals surface area contributed by atoms with E-state index < -0.39 is 15.1 Å². The van der Waals surface area contributed by atoms with Crippen molar-refractivity contribution in [2.45, 2.75) is 31.4 Å². The van der Waals surface area contributed by atoms with Crippen molar-refractivity contribution in [3.05, 3.63) is 52.2 Å². The monoisotopic (exact) mass is 407 g/mol. The lowest BCUT2D eigenvalue weighted by Gasteiger charge is -2.20. The van der Waals surface area contributed by atoms with E-state index in [-0.39, 0.29) is 24.8 Å². The van der Waals surface area contributed by atoms with Gasteiger partial charge >= 0.3 is 0 Å². The molecule has 1 atom stereocenters. The maximum Gasteiger partial charge on any atom is 0.260 e. The van der Waals surface area contributed by atoms with Crippen LogP contribution in [-0.4, -0.2) is 44.7 Å². The summed E-state index contributed by atoms with van der Waals surface area (Å²) in [5, 5.41) is 1.37. The van der Waals surface area contributed by atoms with Crippen LogP contribution in [0, 0.1) is 0 Å². The zero-order valence-corrected chi connectivity index (χ0v) is 17.3. The fourth-order valence-corrected chi connectivity index (χ4v) is 6.18. The van der Waals surface area contributed by atoms with Crippen molar-refractivity contribution in [2.24, 2.45) is 0 Å². The standard InChI is InChI=1S/C20H25NO4S2/c1-15(2)16-5-7-17(8-6-16)25-14-20(22)21-10-9-19(18-4-3-12-26-18)27(23,24)13-11-21/h3-8,12,15,19H,9-11,13-14H2,1-2H3. The van der Waals surface area contributed by atoms with Gasteiger partial charge in [-0.1, -0.05) is 32.0 Å². The molecule has 3 rings (SSSR count). The lowest BCUT2D eigenvalue weighted by Crippen LogP contribution is -2.37. The van der Waals surface area contributed by atoms with Crippen molar-refractivity contribution < 1.29 is 17.9 Å². The van der Waals surface area contributed by atoms with Gasteiger partial charge in [0, 0.05) is 18.0 Å². The van der Waals surface area contributed by atoms with Crippen LogP contribution < -0.4 is 4.74 Å². The Labute approximate surface area is 164 Å². The minimum absolute atomic E-state index is 0.00953. The molecule has 1 unspecified atom stereocenters. The molecular weight excluding hydrogens is 382 g/mol. The normalized spacial score (nSPS) is 19.7. The third kappa shape index (κ3) is 4.90. The van der Waals surface area contributed by atoms with E-state index >= 15 is 0 Å². The predicted molar refractivity (Wildman–Crippen MR) is 108 cm³/mol. The average molecular weight is 408 g/mol. The van der Waals surface area contributed by atoms with E-state index in [2.05, 4.69) is 13.8 Å². The number of ether oxygens (including phenoxy) is 1. The molecule has 5 nitrogen and oxygen atoms in total. The third-order valence-corrected chi connectivity index (χ3v) is 8.11. The molecule has 1 aromatic heterocycles. The van der Waals surface area contributed by atoms with Gasteiger partial charge < -0.3 is 9.64 Å². The highest BCUT2D eigenvalue weighted by Crippen LogP contribution is 2.32. The Hall–Kier alpha value is -1.86. The second-order valence-corrected chi connectivity index (χ2v) is 10.3. The second-order valence-electron chi connectivity index (χ2n) is 7.05. The lowest BCUT2D eigenvalue weighted by molar-refractivity contribution is -0.133. The lowest BCUT2D eigenvalue weighted by atomic mass is 10.0. The first kappa shape index (κ1) is 19.9. The zero-order chi connectivity index (χ0) is 19.4. The number of amides is 1. The molecular formula is C20H25NO4S2. The molecule has 0 aliphatic carbocycles. The summed E-state index contributed by atoms with van der Waals surface area (Å²) >= 11 is 1.45. The van der Waals surface area contributed by atoms with Crippen LogP contribution in [0.5, 0.6) is 5.75 Å². The molecule has 1 fully saturated rings. The van der Waals surface area contributed by atoms with Crippen LogP contribution >= 0.6 is 11.3 Å². The van der Waals surface area contributed by atoms with E-state index in [0.717, 1.165) is 4.88 Å². The smallest absolute Gasteiger partial charge is 0.260 e. The van der Waals surface area contributed by atoms with Crippen molar-refractivity contribution in [1.29, 1.82) is 0 Å². The van der Waals surface area contributed by atoms with Gasteiger partial charge in [0.15, 0.2) is 16.4 Å². The van der Waals surface area contributed by atoms with Crippen LogP contribution in [-0.2, 0) is 14.6 Å². The average Bonchev–Trinajstić information content (AvgIpc) is 3.11. The summed E-state index contributed by atoms with van der Waals surface area (Å²) in [5.41, 5.74) is 1.21. The number of benzene rings is 1. The van der Waals surface area contributed by atoms with E-state index in [1.54, 1.807) is 4.90 Å². The van der Waals surface area contributed by atoms with Gasteiger partial charge in [0.25, 0.3) is 5.91 Å². The maximum atomic E-state index is 12.6. The van der Waals surface area contributed by atoms with Crippen molar-refractivity contribution in [3.8, 4) is 5.75 Å². The van der Waals surface area contributed by atoms with Crippen molar-refractivity contribution in [3.63, 3.8) is 0 Å². The largest absolute Gasteiger partial charge is 0.484 e. The van der Waals surface area contributed by atoms with Gasteiger partial charge in [-0.25, -0.2) is 8.42 Å². The van der Waals surface area contributed by atoms with Gasteiger partial charge in [0.05, 0.1) is 11.0 Å². The summed E-state index contributed by atoms with van der Waals surface area (Å²) in [6.07, 6.45) is 0.428. The molecule has 27 heavy (non-hydrogen) atoms. The number of nitrogens with zero attached hydrogens (tertiary/aromatic N) is 1. The minimum Gasteiger partial charge on any atom is -0.484 e. The molecule has 7 heteroatoms. The molecule has 2 aromatic rings. The van der Waals surface area contributed by atoms with E-state index in [0.29, 0.717) is 24.6 Å².